The van der Waals surface area contributed by atoms with Gasteiger partial charge in [-0.25, -0.2) is 4.39 Å². The molecule has 0 unspecified atom stereocenters. The molecule has 2 aliphatic heterocycles. The van der Waals surface area contributed by atoms with Gasteiger partial charge in [0.2, 0.25) is 0 Å². The zero-order valence-corrected chi connectivity index (χ0v) is 16.8. The molecule has 1 aromatic heterocycles. The maximum absolute atomic E-state index is 14.4. The maximum Gasteiger partial charge on any atom is 0.262 e. The van der Waals surface area contributed by atoms with Crippen molar-refractivity contribution in [3.8, 4) is 5.75 Å². The van der Waals surface area contributed by atoms with Gasteiger partial charge in [-0.3, -0.25) is 9.69 Å². The van der Waals surface area contributed by atoms with Gasteiger partial charge in [-0.15, -0.1) is 11.3 Å². The van der Waals surface area contributed by atoms with Crippen LogP contribution in [0.4, 0.5) is 15.8 Å². The van der Waals surface area contributed by atoms with Gasteiger partial charge in [-0.05, 0) is 41.6 Å². The van der Waals surface area contributed by atoms with Gasteiger partial charge in [0, 0.05) is 54.6 Å². The number of halogens is 1. The number of fused-ring (bicyclic) bond motifs is 2. The third-order valence-electron chi connectivity index (χ3n) is 5.66. The molecular weight excluding hydrogens is 389 g/mol. The molecule has 0 bridgehead atoms. The van der Waals surface area contributed by atoms with Crippen molar-refractivity contribution >= 4 is 38.7 Å². The highest BCUT2D eigenvalue weighted by Gasteiger charge is 2.21. The second-order valence-electron chi connectivity index (χ2n) is 7.46. The first-order valence-corrected chi connectivity index (χ1v) is 10.7. The topological polar surface area (TPSA) is 44.8 Å². The van der Waals surface area contributed by atoms with Crippen molar-refractivity contribution in [3.63, 3.8) is 0 Å². The number of anilines is 2. The largest absolute Gasteiger partial charge is 0.481 e. The molecular formula is C22H22FN3O2S. The molecule has 2 aromatic carbocycles. The van der Waals surface area contributed by atoms with E-state index in [-0.39, 0.29) is 18.3 Å². The Morgan fingerprint density at radius 1 is 1.14 bits per heavy atom. The predicted molar refractivity (Wildman–Crippen MR) is 115 cm³/mol. The normalized spacial score (nSPS) is 17.1. The Bertz CT molecular complexity index is 1060. The molecule has 0 spiro atoms. The summed E-state index contributed by atoms with van der Waals surface area (Å²) in [6.07, 6.45) is 0.606. The fraction of sp³-hybridized carbons (Fsp3) is 0.318. The molecule has 3 heterocycles. The first-order valence-electron chi connectivity index (χ1n) is 9.86. The minimum Gasteiger partial charge on any atom is -0.481 e. The van der Waals surface area contributed by atoms with Gasteiger partial charge in [0.05, 0.1) is 5.69 Å². The van der Waals surface area contributed by atoms with Crippen molar-refractivity contribution in [2.75, 3.05) is 49.5 Å². The van der Waals surface area contributed by atoms with E-state index in [1.54, 1.807) is 17.4 Å². The molecule has 1 amide bonds. The van der Waals surface area contributed by atoms with Crippen LogP contribution in [-0.2, 0) is 11.2 Å². The van der Waals surface area contributed by atoms with Gasteiger partial charge < -0.3 is 15.0 Å². The number of piperazine rings is 1. The summed E-state index contributed by atoms with van der Waals surface area (Å²) in [5.41, 5.74) is 2.48. The summed E-state index contributed by atoms with van der Waals surface area (Å²) >= 11 is 1.78. The lowest BCUT2D eigenvalue weighted by Crippen LogP contribution is -2.47. The van der Waals surface area contributed by atoms with Crippen LogP contribution in [0, 0.1) is 5.82 Å². The second kappa shape index (κ2) is 7.65. The molecule has 0 saturated carbocycles. The van der Waals surface area contributed by atoms with E-state index < -0.39 is 0 Å². The van der Waals surface area contributed by atoms with Crippen LogP contribution in [0.1, 0.15) is 5.56 Å². The van der Waals surface area contributed by atoms with Crippen molar-refractivity contribution in [2.24, 2.45) is 0 Å². The minimum atomic E-state index is -0.275. The molecule has 0 aliphatic carbocycles. The maximum atomic E-state index is 14.4. The molecule has 5 rings (SSSR count). The summed E-state index contributed by atoms with van der Waals surface area (Å²) < 4.78 is 21.0. The van der Waals surface area contributed by atoms with E-state index in [2.05, 4.69) is 44.8 Å². The number of carbonyl (C=O) groups is 1. The van der Waals surface area contributed by atoms with Crippen molar-refractivity contribution in [2.45, 2.75) is 6.42 Å². The Labute approximate surface area is 172 Å². The lowest BCUT2D eigenvalue weighted by atomic mass is 10.1. The van der Waals surface area contributed by atoms with Gasteiger partial charge >= 0.3 is 0 Å². The number of nitrogens with one attached hydrogen (secondary N) is 1. The van der Waals surface area contributed by atoms with Crippen molar-refractivity contribution in [3.05, 3.63) is 53.2 Å². The zero-order valence-electron chi connectivity index (χ0n) is 16.0. The minimum absolute atomic E-state index is 0.0604. The Balaban J connectivity index is 1.21. The van der Waals surface area contributed by atoms with Crippen LogP contribution < -0.4 is 15.0 Å². The molecule has 0 radical (unpaired) electrons. The molecule has 2 aliphatic rings. The van der Waals surface area contributed by atoms with Crippen LogP contribution in [0.2, 0.25) is 0 Å². The van der Waals surface area contributed by atoms with Crippen LogP contribution in [0.3, 0.4) is 0 Å². The Morgan fingerprint density at radius 2 is 2.00 bits per heavy atom. The first kappa shape index (κ1) is 18.4. The van der Waals surface area contributed by atoms with Crippen molar-refractivity contribution < 1.29 is 13.9 Å². The lowest BCUT2D eigenvalue weighted by molar-refractivity contribution is -0.118. The standard InChI is InChI=1S/C22H22FN3O2S/c23-17-13-20-18(24-22(27)14-28-20)12-15(17)4-6-25-7-9-26(10-8-25)19-2-1-3-21-16(19)5-11-29-21/h1-3,5,11-13H,4,6-10,14H2,(H,24,27). The highest BCUT2D eigenvalue weighted by Crippen LogP contribution is 2.32. The number of nitrogens with zero attached hydrogens (tertiary/aromatic N) is 2. The number of ether oxygens (including phenoxy) is 1. The molecule has 29 heavy (non-hydrogen) atoms. The average molecular weight is 412 g/mol. The van der Waals surface area contributed by atoms with Crippen LogP contribution in [0.15, 0.2) is 41.8 Å². The predicted octanol–water partition coefficient (Wildman–Crippen LogP) is 3.74. The number of hydrogen-bond acceptors (Lipinski definition) is 5. The molecule has 1 fully saturated rings. The average Bonchev–Trinajstić information content (AvgIpc) is 3.22. The van der Waals surface area contributed by atoms with Crippen LogP contribution in [0.5, 0.6) is 5.75 Å². The van der Waals surface area contributed by atoms with Crippen LogP contribution >= 0.6 is 11.3 Å². The number of hydrogen-bond donors (Lipinski definition) is 1. The molecule has 3 aromatic rings. The summed E-state index contributed by atoms with van der Waals surface area (Å²) in [5.74, 6) is -0.0726. The fourth-order valence-corrected chi connectivity index (χ4v) is 4.89. The van der Waals surface area contributed by atoms with E-state index in [1.165, 1.54) is 21.8 Å². The summed E-state index contributed by atoms with van der Waals surface area (Å²) in [4.78, 5) is 16.3. The molecule has 1 N–H and O–H groups in total. The number of rotatable bonds is 4. The Hall–Kier alpha value is -2.64. The number of carbonyl (C=O) groups excluding carboxylic acids is 1. The smallest absolute Gasteiger partial charge is 0.262 e. The Morgan fingerprint density at radius 3 is 2.86 bits per heavy atom. The van der Waals surface area contributed by atoms with E-state index in [1.807, 2.05) is 0 Å². The zero-order chi connectivity index (χ0) is 19.8. The third-order valence-corrected chi connectivity index (χ3v) is 6.55. The highest BCUT2D eigenvalue weighted by molar-refractivity contribution is 7.17. The number of benzene rings is 2. The van der Waals surface area contributed by atoms with Gasteiger partial charge in [-0.2, -0.15) is 0 Å². The van der Waals surface area contributed by atoms with Crippen LogP contribution in [0.25, 0.3) is 10.1 Å². The molecule has 1 saturated heterocycles. The van der Waals surface area contributed by atoms with E-state index >= 15 is 0 Å². The quantitative estimate of drug-likeness (QED) is 0.711. The summed E-state index contributed by atoms with van der Waals surface area (Å²) in [6, 6.07) is 11.8. The van der Waals surface area contributed by atoms with Gasteiger partial charge in [-0.1, -0.05) is 6.07 Å². The fourth-order valence-electron chi connectivity index (χ4n) is 4.08. The number of amides is 1. The van der Waals surface area contributed by atoms with Gasteiger partial charge in [0.25, 0.3) is 5.91 Å². The number of thiophene rings is 1. The van der Waals surface area contributed by atoms with Crippen LogP contribution in [-0.4, -0.2) is 50.1 Å². The SMILES string of the molecule is O=C1COc2cc(F)c(CCN3CCN(c4cccc5sccc45)CC3)cc2N1. The monoisotopic (exact) mass is 411 g/mol. The summed E-state index contributed by atoms with van der Waals surface area (Å²) in [7, 11) is 0. The molecule has 0 atom stereocenters. The molecule has 7 heteroatoms. The summed E-state index contributed by atoms with van der Waals surface area (Å²) in [6.45, 7) is 4.56. The van der Waals surface area contributed by atoms with E-state index in [0.717, 1.165) is 32.7 Å². The van der Waals surface area contributed by atoms with Gasteiger partial charge in [0.15, 0.2) is 6.61 Å². The second-order valence-corrected chi connectivity index (χ2v) is 8.41. The van der Waals surface area contributed by atoms with E-state index in [0.29, 0.717) is 23.4 Å². The third kappa shape index (κ3) is 3.68. The molecule has 150 valence electrons. The first-order chi connectivity index (χ1) is 14.2. The highest BCUT2D eigenvalue weighted by atomic mass is 32.1. The molecule has 5 nitrogen and oxygen atoms in total. The van der Waals surface area contributed by atoms with E-state index in [9.17, 15) is 9.18 Å². The summed E-state index contributed by atoms with van der Waals surface area (Å²) in [5, 5.41) is 6.22. The van der Waals surface area contributed by atoms with Gasteiger partial charge in [0.1, 0.15) is 11.6 Å². The van der Waals surface area contributed by atoms with E-state index in [4.69, 9.17) is 4.74 Å². The lowest BCUT2D eigenvalue weighted by Gasteiger charge is -2.36. The van der Waals surface area contributed by atoms with Crippen molar-refractivity contribution in [1.82, 2.24) is 4.90 Å². The Kier molecular flexibility index (Phi) is 4.85. The van der Waals surface area contributed by atoms with Crippen molar-refractivity contribution in [1.29, 1.82) is 0 Å².